The van der Waals surface area contributed by atoms with E-state index in [1.54, 1.807) is 0 Å². The summed E-state index contributed by atoms with van der Waals surface area (Å²) in [4.78, 5) is 26.2. The van der Waals surface area contributed by atoms with Crippen molar-refractivity contribution in [3.63, 3.8) is 0 Å². The lowest BCUT2D eigenvalue weighted by molar-refractivity contribution is -0.151. The number of aliphatic hydroxyl groups excluding tert-OH is 2. The first-order valence-corrected chi connectivity index (χ1v) is 26.5. The molecule has 3 unspecified atom stereocenters. The highest BCUT2D eigenvalue weighted by Gasteiger charge is 2.24. The van der Waals surface area contributed by atoms with Crippen molar-refractivity contribution in [3.05, 3.63) is 60.8 Å². The van der Waals surface area contributed by atoms with Gasteiger partial charge in [0.05, 0.1) is 25.2 Å². The second-order valence-electron chi connectivity index (χ2n) is 17.9. The second kappa shape index (κ2) is 49.6. The number of hydrogen-bond acceptors (Lipinski definition) is 5. The molecule has 0 aromatic rings. The number of esters is 1. The Hall–Kier alpha value is -2.44. The van der Waals surface area contributed by atoms with Crippen LogP contribution >= 0.6 is 0 Å². The maximum absolute atomic E-state index is 13.2. The van der Waals surface area contributed by atoms with E-state index in [0.29, 0.717) is 19.3 Å². The fourth-order valence-electron chi connectivity index (χ4n) is 7.83. The zero-order valence-electron chi connectivity index (χ0n) is 41.0. The van der Waals surface area contributed by atoms with Crippen LogP contribution in [0.25, 0.3) is 0 Å². The van der Waals surface area contributed by atoms with Crippen LogP contribution in [0.1, 0.15) is 258 Å². The predicted molar refractivity (Wildman–Crippen MR) is 268 cm³/mol. The molecular weight excluding hydrogens is 767 g/mol. The van der Waals surface area contributed by atoms with Crippen molar-refractivity contribution >= 4 is 11.9 Å². The first kappa shape index (κ1) is 59.6. The maximum Gasteiger partial charge on any atom is 0.306 e. The van der Waals surface area contributed by atoms with E-state index in [4.69, 9.17) is 4.74 Å². The van der Waals surface area contributed by atoms with Crippen LogP contribution in [0, 0.1) is 0 Å². The number of carbonyl (C=O) groups is 2. The molecule has 0 aromatic heterocycles. The van der Waals surface area contributed by atoms with Crippen molar-refractivity contribution in [1.29, 1.82) is 0 Å². The van der Waals surface area contributed by atoms with E-state index >= 15 is 0 Å². The molecule has 0 saturated carbocycles. The maximum atomic E-state index is 13.2. The van der Waals surface area contributed by atoms with Gasteiger partial charge in [-0.25, -0.2) is 0 Å². The highest BCUT2D eigenvalue weighted by atomic mass is 16.5. The Morgan fingerprint density at radius 1 is 0.484 bits per heavy atom. The van der Waals surface area contributed by atoms with E-state index < -0.39 is 18.2 Å². The zero-order chi connectivity index (χ0) is 45.2. The van der Waals surface area contributed by atoms with Gasteiger partial charge in [0.2, 0.25) is 5.91 Å². The Labute approximate surface area is 384 Å². The number of nitrogens with one attached hydrogen (secondary N) is 1. The van der Waals surface area contributed by atoms with Gasteiger partial charge in [0.15, 0.2) is 0 Å². The lowest BCUT2D eigenvalue weighted by Crippen LogP contribution is -2.46. The lowest BCUT2D eigenvalue weighted by atomic mass is 10.0. The molecule has 6 heteroatoms. The highest BCUT2D eigenvalue weighted by Crippen LogP contribution is 2.18. The fourth-order valence-corrected chi connectivity index (χ4v) is 7.83. The summed E-state index contributed by atoms with van der Waals surface area (Å²) >= 11 is 0. The minimum atomic E-state index is -0.797. The van der Waals surface area contributed by atoms with Gasteiger partial charge in [-0.3, -0.25) is 9.59 Å². The molecule has 0 radical (unpaired) electrons. The lowest BCUT2D eigenvalue weighted by Gasteiger charge is -2.24. The molecule has 0 spiro atoms. The summed E-state index contributed by atoms with van der Waals surface area (Å²) in [5, 5.41) is 23.8. The fraction of sp³-hybridized carbons (Fsp3) is 0.786. The molecule has 360 valence electrons. The van der Waals surface area contributed by atoms with Gasteiger partial charge < -0.3 is 20.3 Å². The summed E-state index contributed by atoms with van der Waals surface area (Å²) in [6.45, 7) is 6.35. The Balaban J connectivity index is 4.59. The van der Waals surface area contributed by atoms with E-state index in [1.807, 2.05) is 0 Å². The number of amides is 1. The van der Waals surface area contributed by atoms with Crippen molar-refractivity contribution in [1.82, 2.24) is 5.32 Å². The number of ether oxygens (including phenoxy) is 1. The standard InChI is InChI=1S/C56H101NO5/c1-4-7-10-13-16-19-22-25-27-28-29-31-34-37-40-43-46-49-56(61)62-52(47-44-41-38-35-32-24-21-18-15-12-9-6-3)50-55(60)57-53(51-58)54(59)48-45-42-39-36-33-30-26-23-20-17-14-11-8-5-2/h9,12,16,18-19,21,25,27,29,31,52-54,58-59H,4-8,10-11,13-15,17,20,22-24,26,28,30,32-51H2,1-3H3,(H,57,60)/b12-9+,19-16-,21-18+,27-25-,31-29-. The van der Waals surface area contributed by atoms with E-state index in [9.17, 15) is 19.8 Å². The number of carbonyl (C=O) groups excluding carboxylic acids is 2. The molecule has 3 atom stereocenters. The smallest absolute Gasteiger partial charge is 0.306 e. The van der Waals surface area contributed by atoms with E-state index in [-0.39, 0.29) is 24.9 Å². The summed E-state index contributed by atoms with van der Waals surface area (Å²) in [5.74, 6) is -0.511. The summed E-state index contributed by atoms with van der Waals surface area (Å²) < 4.78 is 5.92. The van der Waals surface area contributed by atoms with E-state index in [2.05, 4.69) is 86.8 Å². The number of hydrogen-bond donors (Lipinski definition) is 3. The topological polar surface area (TPSA) is 95.9 Å². The first-order chi connectivity index (χ1) is 30.5. The van der Waals surface area contributed by atoms with Crippen LogP contribution in [0.2, 0.25) is 0 Å². The van der Waals surface area contributed by atoms with Crippen LogP contribution in [0.5, 0.6) is 0 Å². The zero-order valence-corrected chi connectivity index (χ0v) is 41.0. The molecular formula is C56H101NO5. The third-order valence-electron chi connectivity index (χ3n) is 11.8. The highest BCUT2D eigenvalue weighted by molar-refractivity contribution is 5.77. The average molecular weight is 868 g/mol. The molecule has 0 aliphatic carbocycles. The van der Waals surface area contributed by atoms with Crippen molar-refractivity contribution in [3.8, 4) is 0 Å². The summed E-state index contributed by atoms with van der Waals surface area (Å²) in [7, 11) is 0. The average Bonchev–Trinajstić information content (AvgIpc) is 3.26. The predicted octanol–water partition coefficient (Wildman–Crippen LogP) is 16.0. The van der Waals surface area contributed by atoms with Gasteiger partial charge in [0, 0.05) is 6.42 Å². The van der Waals surface area contributed by atoms with E-state index in [0.717, 1.165) is 103 Å². The summed E-state index contributed by atoms with van der Waals surface area (Å²) in [6, 6.07) is -0.712. The molecule has 0 fully saturated rings. The van der Waals surface area contributed by atoms with Crippen molar-refractivity contribution in [2.75, 3.05) is 6.61 Å². The second-order valence-corrected chi connectivity index (χ2v) is 17.9. The molecule has 0 aliphatic heterocycles. The number of rotatable bonds is 47. The Morgan fingerprint density at radius 2 is 0.871 bits per heavy atom. The molecule has 62 heavy (non-hydrogen) atoms. The molecule has 3 N–H and O–H groups in total. The molecule has 0 heterocycles. The molecule has 0 aromatic carbocycles. The molecule has 0 aliphatic rings. The van der Waals surface area contributed by atoms with E-state index in [1.165, 1.54) is 109 Å². The van der Waals surface area contributed by atoms with Crippen LogP contribution in [-0.2, 0) is 14.3 Å². The van der Waals surface area contributed by atoms with Gasteiger partial charge >= 0.3 is 5.97 Å². The largest absolute Gasteiger partial charge is 0.462 e. The third kappa shape index (κ3) is 44.2. The number of allylic oxidation sites excluding steroid dienone is 10. The number of unbranched alkanes of at least 4 members (excludes halogenated alkanes) is 25. The first-order valence-electron chi connectivity index (χ1n) is 26.5. The minimum absolute atomic E-state index is 0.0579. The van der Waals surface area contributed by atoms with Gasteiger partial charge in [-0.15, -0.1) is 0 Å². The van der Waals surface area contributed by atoms with Crippen molar-refractivity contribution in [2.45, 2.75) is 277 Å². The molecule has 6 nitrogen and oxygen atoms in total. The van der Waals surface area contributed by atoms with Crippen LogP contribution < -0.4 is 5.32 Å². The van der Waals surface area contributed by atoms with Crippen LogP contribution in [0.4, 0.5) is 0 Å². The van der Waals surface area contributed by atoms with Gasteiger partial charge in [-0.2, -0.15) is 0 Å². The molecule has 0 bridgehead atoms. The molecule has 1 amide bonds. The summed E-state index contributed by atoms with van der Waals surface area (Å²) in [5.41, 5.74) is 0. The Kier molecular flexibility index (Phi) is 47.6. The van der Waals surface area contributed by atoms with Crippen molar-refractivity contribution in [2.24, 2.45) is 0 Å². The quantitative estimate of drug-likeness (QED) is 0.0322. The molecule has 0 saturated heterocycles. The minimum Gasteiger partial charge on any atom is -0.462 e. The Bertz CT molecular complexity index is 1110. The number of aliphatic hydroxyl groups is 2. The monoisotopic (exact) mass is 868 g/mol. The Morgan fingerprint density at radius 3 is 1.35 bits per heavy atom. The van der Waals surface area contributed by atoms with Crippen LogP contribution in [-0.4, -0.2) is 46.9 Å². The van der Waals surface area contributed by atoms with Crippen LogP contribution in [0.3, 0.4) is 0 Å². The normalized spacial score (nSPS) is 13.7. The van der Waals surface area contributed by atoms with Gasteiger partial charge in [-0.1, -0.05) is 216 Å². The van der Waals surface area contributed by atoms with Gasteiger partial charge in [0.1, 0.15) is 6.10 Å². The summed E-state index contributed by atoms with van der Waals surface area (Å²) in [6.07, 6.45) is 61.3. The SMILES string of the molecule is CC/C=C/C/C=C/CCCCCCCC(CC(=O)NC(CO)C(O)CCCCCCCCCCCCCCCC)OC(=O)CCCCCC/C=C\C/C=C\C/C=C\CCCCC. The third-order valence-corrected chi connectivity index (χ3v) is 11.8. The van der Waals surface area contributed by atoms with Crippen LogP contribution in [0.15, 0.2) is 60.8 Å². The van der Waals surface area contributed by atoms with Gasteiger partial charge in [0.25, 0.3) is 0 Å². The van der Waals surface area contributed by atoms with Crippen molar-refractivity contribution < 1.29 is 24.5 Å². The van der Waals surface area contributed by atoms with Gasteiger partial charge in [-0.05, 0) is 89.9 Å². The molecule has 0 rings (SSSR count).